The lowest BCUT2D eigenvalue weighted by Crippen LogP contribution is -2.56. The number of aliphatic hydroxyl groups is 1. The summed E-state index contributed by atoms with van der Waals surface area (Å²) in [6, 6.07) is 0. The number of hydrogen-bond donors (Lipinski definition) is 1. The fourth-order valence-electron chi connectivity index (χ4n) is 7.97. The highest BCUT2D eigenvalue weighted by molar-refractivity contribution is 5.47. The summed E-state index contributed by atoms with van der Waals surface area (Å²) in [4.78, 5) is 4.69. The Morgan fingerprint density at radius 1 is 1.29 bits per heavy atom. The Hall–Kier alpha value is -1.07. The molecule has 2 heteroatoms. The molecule has 0 aromatic heterocycles. The normalized spacial score (nSPS) is 54.4. The van der Waals surface area contributed by atoms with Crippen LogP contribution >= 0.6 is 0 Å². The first-order valence-electron chi connectivity index (χ1n) is 9.97. The summed E-state index contributed by atoms with van der Waals surface area (Å²) < 4.78 is 0. The van der Waals surface area contributed by atoms with Crippen LogP contribution in [-0.4, -0.2) is 16.7 Å². The Kier molecular flexibility index (Phi) is 2.76. The van der Waals surface area contributed by atoms with Crippen molar-refractivity contribution in [2.24, 2.45) is 22.2 Å². The summed E-state index contributed by atoms with van der Waals surface area (Å²) in [5, 5.41) is 10.1. The smallest absolute Gasteiger partial charge is 0.296 e. The molecule has 5 rings (SSSR count). The van der Waals surface area contributed by atoms with Gasteiger partial charge < -0.3 is 5.11 Å². The van der Waals surface area contributed by atoms with Crippen LogP contribution in [0.3, 0.4) is 0 Å². The van der Waals surface area contributed by atoms with Crippen molar-refractivity contribution in [2.75, 3.05) is 0 Å². The Balaban J connectivity index is 1.61. The SMILES string of the molecule is C#[N+]C12CC=C(CC)C1(C)CCC13CC14CCC(O)CC4=CCC32. The second-order valence-corrected chi connectivity index (χ2v) is 9.50. The lowest BCUT2D eigenvalue weighted by molar-refractivity contribution is 0.00265. The van der Waals surface area contributed by atoms with E-state index in [2.05, 4.69) is 30.8 Å². The van der Waals surface area contributed by atoms with E-state index in [1.807, 2.05) is 0 Å². The van der Waals surface area contributed by atoms with Crippen molar-refractivity contribution in [3.63, 3.8) is 0 Å². The van der Waals surface area contributed by atoms with Crippen molar-refractivity contribution in [3.8, 4) is 6.57 Å². The number of aliphatic hydroxyl groups excluding tert-OH is 1. The Morgan fingerprint density at radius 2 is 2.12 bits per heavy atom. The molecule has 5 aliphatic carbocycles. The van der Waals surface area contributed by atoms with Crippen LogP contribution in [-0.2, 0) is 0 Å². The second-order valence-electron chi connectivity index (χ2n) is 9.50. The highest BCUT2D eigenvalue weighted by Gasteiger charge is 2.83. The molecular weight excluding hydrogens is 294 g/mol. The molecule has 0 aliphatic heterocycles. The molecule has 1 N–H and O–H groups in total. The molecule has 5 aliphatic rings. The number of nitrogens with zero attached hydrogens (tertiary/aromatic N) is 1. The lowest BCUT2D eigenvalue weighted by Gasteiger charge is -2.52. The summed E-state index contributed by atoms with van der Waals surface area (Å²) in [7, 11) is 0. The van der Waals surface area contributed by atoms with E-state index in [1.54, 1.807) is 11.1 Å². The first-order valence-corrected chi connectivity index (χ1v) is 9.97. The minimum absolute atomic E-state index is 0.0851. The summed E-state index contributed by atoms with van der Waals surface area (Å²) >= 11 is 0. The number of hydrogen-bond acceptors (Lipinski definition) is 1. The van der Waals surface area contributed by atoms with E-state index in [4.69, 9.17) is 6.57 Å². The molecule has 0 amide bonds. The molecule has 0 bridgehead atoms. The predicted molar refractivity (Wildman–Crippen MR) is 96.9 cm³/mol. The van der Waals surface area contributed by atoms with Gasteiger partial charge in [-0.15, -0.1) is 0 Å². The van der Waals surface area contributed by atoms with Gasteiger partial charge in [-0.3, -0.25) is 0 Å². The van der Waals surface area contributed by atoms with Crippen LogP contribution in [0.2, 0.25) is 0 Å². The largest absolute Gasteiger partial charge is 0.393 e. The highest BCUT2D eigenvalue weighted by Crippen LogP contribution is 2.85. The van der Waals surface area contributed by atoms with E-state index in [0.717, 1.165) is 32.1 Å². The molecule has 3 fully saturated rings. The zero-order chi connectivity index (χ0) is 16.8. The monoisotopic (exact) mass is 324 g/mol. The van der Waals surface area contributed by atoms with Gasteiger partial charge in [-0.25, -0.2) is 0 Å². The Morgan fingerprint density at radius 3 is 2.88 bits per heavy atom. The van der Waals surface area contributed by atoms with E-state index in [0.29, 0.717) is 16.7 Å². The fourth-order valence-corrected chi connectivity index (χ4v) is 7.97. The van der Waals surface area contributed by atoms with Gasteiger partial charge in [0.2, 0.25) is 0 Å². The van der Waals surface area contributed by atoms with Gasteiger partial charge in [-0.05, 0) is 69.1 Å². The van der Waals surface area contributed by atoms with Crippen molar-refractivity contribution in [1.29, 1.82) is 0 Å². The van der Waals surface area contributed by atoms with Crippen LogP contribution in [0.1, 0.15) is 71.6 Å². The van der Waals surface area contributed by atoms with Crippen LogP contribution in [0.5, 0.6) is 0 Å². The minimum Gasteiger partial charge on any atom is -0.393 e. The molecule has 2 spiro atoms. The quantitative estimate of drug-likeness (QED) is 0.667. The average Bonchev–Trinajstić information content (AvgIpc) is 3.15. The van der Waals surface area contributed by atoms with Gasteiger partial charge in [0.1, 0.15) is 0 Å². The third-order valence-electron chi connectivity index (χ3n) is 9.27. The van der Waals surface area contributed by atoms with Gasteiger partial charge in [0.15, 0.2) is 0 Å². The third kappa shape index (κ3) is 1.37. The van der Waals surface area contributed by atoms with Crippen molar-refractivity contribution < 1.29 is 5.11 Å². The molecule has 3 saturated carbocycles. The Bertz CT molecular complexity index is 714. The van der Waals surface area contributed by atoms with Crippen LogP contribution in [0.25, 0.3) is 4.85 Å². The van der Waals surface area contributed by atoms with Gasteiger partial charge >= 0.3 is 0 Å². The molecule has 2 nitrogen and oxygen atoms in total. The van der Waals surface area contributed by atoms with Gasteiger partial charge in [0.05, 0.1) is 17.4 Å². The van der Waals surface area contributed by atoms with Gasteiger partial charge in [-0.2, -0.15) is 0 Å². The van der Waals surface area contributed by atoms with Crippen molar-refractivity contribution >= 4 is 0 Å². The molecule has 128 valence electrons. The zero-order valence-corrected chi connectivity index (χ0v) is 15.1. The van der Waals surface area contributed by atoms with E-state index in [9.17, 15) is 5.11 Å². The number of fused-ring (bicyclic) bond motifs is 2. The summed E-state index contributed by atoms with van der Waals surface area (Å²) in [6.07, 6.45) is 15.1. The maximum atomic E-state index is 10.1. The van der Waals surface area contributed by atoms with E-state index in [1.165, 1.54) is 25.7 Å². The van der Waals surface area contributed by atoms with Crippen LogP contribution in [0.4, 0.5) is 0 Å². The fraction of sp³-hybridized carbons (Fsp3) is 0.773. The summed E-state index contributed by atoms with van der Waals surface area (Å²) in [5.41, 5.74) is 4.07. The molecule has 6 atom stereocenters. The molecule has 6 unspecified atom stereocenters. The van der Waals surface area contributed by atoms with Gasteiger partial charge in [0.25, 0.3) is 12.1 Å². The molecule has 0 saturated heterocycles. The van der Waals surface area contributed by atoms with Gasteiger partial charge in [-0.1, -0.05) is 35.1 Å². The maximum Gasteiger partial charge on any atom is 0.296 e. The standard InChI is InChI=1S/C22H30NO/c1-4-15-7-10-22(23-3)18-6-5-16-13-17(24)8-9-20(16)14-21(18,20)12-11-19(15,22)2/h3,5,7,17-18,24H,4,6,8-14H2,1-2H3/q+1. The summed E-state index contributed by atoms with van der Waals surface area (Å²) in [5.74, 6) is 0.591. The minimum atomic E-state index is -0.113. The van der Waals surface area contributed by atoms with Crippen molar-refractivity contribution in [3.05, 3.63) is 28.1 Å². The van der Waals surface area contributed by atoms with Crippen LogP contribution in [0.15, 0.2) is 23.3 Å². The van der Waals surface area contributed by atoms with Crippen molar-refractivity contribution in [1.82, 2.24) is 0 Å². The number of rotatable bonds is 1. The van der Waals surface area contributed by atoms with E-state index >= 15 is 0 Å². The van der Waals surface area contributed by atoms with E-state index < -0.39 is 0 Å². The first kappa shape index (κ1) is 15.2. The van der Waals surface area contributed by atoms with Crippen LogP contribution in [0, 0.1) is 28.7 Å². The first-order chi connectivity index (χ1) is 11.5. The summed E-state index contributed by atoms with van der Waals surface area (Å²) in [6.45, 7) is 10.9. The predicted octanol–water partition coefficient (Wildman–Crippen LogP) is 5.10. The van der Waals surface area contributed by atoms with Crippen molar-refractivity contribution in [2.45, 2.75) is 83.3 Å². The third-order valence-corrected chi connectivity index (χ3v) is 9.27. The molecule has 0 aromatic carbocycles. The molecule has 0 heterocycles. The van der Waals surface area contributed by atoms with Gasteiger partial charge in [0, 0.05) is 6.42 Å². The molecule has 24 heavy (non-hydrogen) atoms. The van der Waals surface area contributed by atoms with Crippen LogP contribution < -0.4 is 0 Å². The maximum absolute atomic E-state index is 10.1. The average molecular weight is 324 g/mol. The lowest BCUT2D eigenvalue weighted by atomic mass is 9.48. The molecule has 0 aromatic rings. The highest BCUT2D eigenvalue weighted by atomic mass is 16.3. The zero-order valence-electron chi connectivity index (χ0n) is 15.1. The number of allylic oxidation sites excluding steroid dienone is 1. The Labute approximate surface area is 145 Å². The molecule has 0 radical (unpaired) electrons. The van der Waals surface area contributed by atoms with E-state index in [-0.39, 0.29) is 17.1 Å². The molecular formula is C22H30NO+. The second kappa shape index (κ2) is 4.36. The topological polar surface area (TPSA) is 24.6 Å².